The molecule has 0 N–H and O–H groups in total. The predicted octanol–water partition coefficient (Wildman–Crippen LogP) is 3.72. The first kappa shape index (κ1) is 12.6. The van der Waals surface area contributed by atoms with Crippen LogP contribution in [0.2, 0.25) is 0 Å². The summed E-state index contributed by atoms with van der Waals surface area (Å²) >= 11 is 0. The average Bonchev–Trinajstić information content (AvgIpc) is 2.38. The summed E-state index contributed by atoms with van der Waals surface area (Å²) in [7, 11) is 0. The van der Waals surface area contributed by atoms with Crippen LogP contribution in [0.4, 0.5) is 0 Å². The van der Waals surface area contributed by atoms with Crippen LogP contribution in [0.1, 0.15) is 45.3 Å². The molecular formula is C17H20O2. The summed E-state index contributed by atoms with van der Waals surface area (Å²) in [4.78, 5) is 0. The Morgan fingerprint density at radius 2 is 2.00 bits per heavy atom. The first-order valence-electron chi connectivity index (χ1n) is 6.89. The molecule has 3 atom stereocenters. The monoisotopic (exact) mass is 256 g/mol. The molecule has 2 heteroatoms. The third-order valence-corrected chi connectivity index (χ3v) is 4.48. The maximum atomic E-state index is 6.27. The molecule has 0 aliphatic carbocycles. The first-order valence-corrected chi connectivity index (χ1v) is 6.89. The van der Waals surface area contributed by atoms with E-state index in [1.807, 2.05) is 25.1 Å². The number of hydrogen-bond donors (Lipinski definition) is 0. The predicted molar refractivity (Wildman–Crippen MR) is 74.9 cm³/mol. The van der Waals surface area contributed by atoms with E-state index in [0.717, 1.165) is 24.2 Å². The highest BCUT2D eigenvalue weighted by Crippen LogP contribution is 2.52. The highest BCUT2D eigenvalue weighted by molar-refractivity contribution is 5.39. The first-order chi connectivity index (χ1) is 8.95. The van der Waals surface area contributed by atoms with Gasteiger partial charge in [0.15, 0.2) is 0 Å². The van der Waals surface area contributed by atoms with Crippen LogP contribution < -0.4 is 4.74 Å². The van der Waals surface area contributed by atoms with Crippen LogP contribution in [0.3, 0.4) is 0 Å². The molecule has 2 aliphatic rings. The van der Waals surface area contributed by atoms with Gasteiger partial charge in [0.1, 0.15) is 17.0 Å². The van der Waals surface area contributed by atoms with Crippen molar-refractivity contribution < 1.29 is 9.47 Å². The normalized spacial score (nSPS) is 35.5. The summed E-state index contributed by atoms with van der Waals surface area (Å²) in [5, 5.41) is 0. The molecule has 1 aromatic rings. The van der Waals surface area contributed by atoms with Gasteiger partial charge in [-0.25, -0.2) is 0 Å². The molecule has 1 saturated heterocycles. The van der Waals surface area contributed by atoms with Crippen LogP contribution in [-0.2, 0) is 4.74 Å². The highest BCUT2D eigenvalue weighted by Gasteiger charge is 2.49. The van der Waals surface area contributed by atoms with Crippen LogP contribution in [0.5, 0.6) is 5.75 Å². The Bertz CT molecular complexity index is 540. The Balaban J connectivity index is 2.06. The fraction of sp³-hybridized carbons (Fsp3) is 0.529. The van der Waals surface area contributed by atoms with Gasteiger partial charge in [-0.1, -0.05) is 24.1 Å². The zero-order valence-corrected chi connectivity index (χ0v) is 11.8. The Kier molecular flexibility index (Phi) is 2.66. The van der Waals surface area contributed by atoms with E-state index in [1.54, 1.807) is 0 Å². The van der Waals surface area contributed by atoms with E-state index < -0.39 is 5.60 Å². The van der Waals surface area contributed by atoms with Gasteiger partial charge in [-0.2, -0.15) is 0 Å². The smallest absolute Gasteiger partial charge is 0.126 e. The molecule has 100 valence electrons. The number of hydrogen-bond acceptors (Lipinski definition) is 2. The van der Waals surface area contributed by atoms with E-state index in [9.17, 15) is 0 Å². The molecule has 3 unspecified atom stereocenters. The maximum Gasteiger partial charge on any atom is 0.126 e. The number of para-hydroxylation sites is 1. The summed E-state index contributed by atoms with van der Waals surface area (Å²) in [5.41, 5.74) is 0.462. The third-order valence-electron chi connectivity index (χ3n) is 4.48. The maximum absolute atomic E-state index is 6.27. The quantitative estimate of drug-likeness (QED) is 0.659. The van der Waals surface area contributed by atoms with Crippen LogP contribution >= 0.6 is 0 Å². The van der Waals surface area contributed by atoms with Gasteiger partial charge < -0.3 is 9.47 Å². The Hall–Kier alpha value is -1.46. The van der Waals surface area contributed by atoms with Crippen LogP contribution in [0.25, 0.3) is 0 Å². The number of rotatable bonds is 0. The van der Waals surface area contributed by atoms with Crippen molar-refractivity contribution in [3.05, 3.63) is 29.8 Å². The summed E-state index contributed by atoms with van der Waals surface area (Å²) < 4.78 is 12.4. The Morgan fingerprint density at radius 1 is 1.26 bits per heavy atom. The molecule has 0 bridgehead atoms. The topological polar surface area (TPSA) is 18.5 Å². The van der Waals surface area contributed by atoms with Crippen LogP contribution in [0.15, 0.2) is 24.3 Å². The highest BCUT2D eigenvalue weighted by atomic mass is 16.5. The number of benzene rings is 1. The molecule has 1 fully saturated rings. The van der Waals surface area contributed by atoms with Gasteiger partial charge in [0, 0.05) is 11.5 Å². The van der Waals surface area contributed by atoms with Gasteiger partial charge in [0.2, 0.25) is 0 Å². The second kappa shape index (κ2) is 4.02. The third kappa shape index (κ3) is 1.93. The summed E-state index contributed by atoms with van der Waals surface area (Å²) in [5.74, 6) is 4.09. The molecule has 1 aromatic carbocycles. The SMILES string of the molecule is C#CC1(C)CCC2C(O1)c1ccccc1OC2(C)C. The van der Waals surface area contributed by atoms with Crippen molar-refractivity contribution in [2.45, 2.75) is 50.9 Å². The van der Waals surface area contributed by atoms with E-state index in [4.69, 9.17) is 15.9 Å². The lowest BCUT2D eigenvalue weighted by molar-refractivity contribution is -0.169. The molecule has 0 spiro atoms. The zero-order valence-electron chi connectivity index (χ0n) is 11.8. The molecule has 0 aromatic heterocycles. The van der Waals surface area contributed by atoms with E-state index >= 15 is 0 Å². The fourth-order valence-electron chi connectivity index (χ4n) is 3.27. The molecule has 2 aliphatic heterocycles. The van der Waals surface area contributed by atoms with Gasteiger partial charge in [0.05, 0.1) is 6.10 Å². The lowest BCUT2D eigenvalue weighted by atomic mass is 9.73. The number of terminal acetylenes is 1. The Morgan fingerprint density at radius 3 is 2.74 bits per heavy atom. The van der Waals surface area contributed by atoms with E-state index in [1.165, 1.54) is 0 Å². The minimum atomic E-state index is -0.457. The molecule has 0 amide bonds. The van der Waals surface area contributed by atoms with Crippen LogP contribution in [0, 0.1) is 18.3 Å². The van der Waals surface area contributed by atoms with Gasteiger partial charge in [-0.05, 0) is 39.7 Å². The standard InChI is InChI=1S/C17H20O2/c1-5-17(4)11-10-13-15(19-17)12-8-6-7-9-14(12)18-16(13,2)3/h1,6-9,13,15H,10-11H2,2-4H3. The fourth-order valence-corrected chi connectivity index (χ4v) is 3.27. The van der Waals surface area contributed by atoms with E-state index in [0.29, 0.717) is 5.92 Å². The number of fused-ring (bicyclic) bond motifs is 3. The van der Waals surface area contributed by atoms with Crippen LogP contribution in [-0.4, -0.2) is 11.2 Å². The van der Waals surface area contributed by atoms with E-state index in [2.05, 4.69) is 25.8 Å². The van der Waals surface area contributed by atoms with Crippen molar-refractivity contribution in [3.63, 3.8) is 0 Å². The van der Waals surface area contributed by atoms with E-state index in [-0.39, 0.29) is 11.7 Å². The van der Waals surface area contributed by atoms with Crippen molar-refractivity contribution in [1.82, 2.24) is 0 Å². The van der Waals surface area contributed by atoms with Gasteiger partial charge >= 0.3 is 0 Å². The van der Waals surface area contributed by atoms with Gasteiger partial charge in [-0.15, -0.1) is 6.42 Å². The summed E-state index contributed by atoms with van der Waals surface area (Å²) in [6.45, 7) is 6.29. The summed E-state index contributed by atoms with van der Waals surface area (Å²) in [6, 6.07) is 8.13. The molecule has 3 rings (SSSR count). The van der Waals surface area contributed by atoms with Crippen molar-refractivity contribution in [3.8, 4) is 18.1 Å². The second-order valence-corrected chi connectivity index (χ2v) is 6.30. The Labute approximate surface area is 115 Å². The van der Waals surface area contributed by atoms with Gasteiger partial charge in [0.25, 0.3) is 0 Å². The van der Waals surface area contributed by atoms with Gasteiger partial charge in [-0.3, -0.25) is 0 Å². The van der Waals surface area contributed by atoms with Crippen molar-refractivity contribution in [2.24, 2.45) is 5.92 Å². The average molecular weight is 256 g/mol. The zero-order chi connectivity index (χ0) is 13.7. The largest absolute Gasteiger partial charge is 0.487 e. The number of ether oxygens (including phenoxy) is 2. The molecule has 0 saturated carbocycles. The molecule has 2 heterocycles. The minimum Gasteiger partial charge on any atom is -0.487 e. The summed E-state index contributed by atoms with van der Waals surface area (Å²) in [6.07, 6.45) is 7.60. The molecule has 0 radical (unpaired) electrons. The van der Waals surface area contributed by atoms with Crippen molar-refractivity contribution in [2.75, 3.05) is 0 Å². The second-order valence-electron chi connectivity index (χ2n) is 6.30. The lowest BCUT2D eigenvalue weighted by Gasteiger charge is -2.50. The minimum absolute atomic E-state index is 0.0368. The molecular weight excluding hydrogens is 236 g/mol. The lowest BCUT2D eigenvalue weighted by Crippen LogP contribution is -2.50. The molecule has 2 nitrogen and oxygen atoms in total. The van der Waals surface area contributed by atoms with Crippen molar-refractivity contribution in [1.29, 1.82) is 0 Å². The molecule has 19 heavy (non-hydrogen) atoms. The van der Waals surface area contributed by atoms with Crippen molar-refractivity contribution >= 4 is 0 Å².